The van der Waals surface area contributed by atoms with Crippen LogP contribution in [-0.4, -0.2) is 49.1 Å². The van der Waals surface area contributed by atoms with E-state index in [4.69, 9.17) is 21.1 Å². The number of halogens is 1. The number of methoxy groups -OCH3 is 1. The first-order chi connectivity index (χ1) is 12.6. The molecule has 0 aliphatic carbocycles. The molecule has 1 amide bonds. The van der Waals surface area contributed by atoms with Crippen LogP contribution in [0.4, 0.5) is 5.69 Å². The molecule has 2 aromatic rings. The Hall–Kier alpha value is -2.09. The number of nitrogens with one attached hydrogen (secondary N) is 2. The van der Waals surface area contributed by atoms with Gasteiger partial charge < -0.3 is 20.1 Å². The fraction of sp³-hybridized carbons (Fsp3) is 0.444. The highest BCUT2D eigenvalue weighted by atomic mass is 35.5. The van der Waals surface area contributed by atoms with E-state index >= 15 is 0 Å². The molecule has 140 valence electrons. The van der Waals surface area contributed by atoms with Gasteiger partial charge in [0.05, 0.1) is 29.4 Å². The third-order valence-electron chi connectivity index (χ3n) is 4.46. The van der Waals surface area contributed by atoms with Crippen molar-refractivity contribution in [3.8, 4) is 5.75 Å². The maximum Gasteiger partial charge on any atom is 0.229 e. The molecule has 2 atom stereocenters. The molecule has 1 aromatic carbocycles. The molecule has 1 aliphatic heterocycles. The summed E-state index contributed by atoms with van der Waals surface area (Å²) >= 11 is 6.24. The minimum absolute atomic E-state index is 0.0669. The van der Waals surface area contributed by atoms with Crippen LogP contribution in [0.2, 0.25) is 5.02 Å². The van der Waals surface area contributed by atoms with Crippen molar-refractivity contribution in [1.82, 2.24) is 15.1 Å². The lowest BCUT2D eigenvalue weighted by atomic mass is 9.90. The molecule has 26 heavy (non-hydrogen) atoms. The second-order valence-electron chi connectivity index (χ2n) is 6.27. The smallest absolute Gasteiger partial charge is 0.229 e. The third kappa shape index (κ3) is 4.17. The molecule has 2 heterocycles. The van der Waals surface area contributed by atoms with Gasteiger partial charge in [0.15, 0.2) is 5.75 Å². The zero-order valence-electron chi connectivity index (χ0n) is 14.9. The number of aromatic nitrogens is 2. The molecular weight excluding hydrogens is 356 g/mol. The van der Waals surface area contributed by atoms with Crippen molar-refractivity contribution in [3.05, 3.63) is 41.2 Å². The second-order valence-corrected chi connectivity index (χ2v) is 6.67. The molecule has 1 aliphatic rings. The number of rotatable bonds is 7. The molecule has 1 saturated heterocycles. The second kappa shape index (κ2) is 8.53. The standard InChI is InChI=1S/C18H23ClN4O3/c1-23-11-12(8-21-23)13-9-20-10-14(13)18(24)22-16-5-3-4-15(19)17(16)26-7-6-25-2/h3-5,8,11,13-14,20H,6-7,9-10H2,1-2H3,(H,22,24)/t13-,14+/m1/s1. The lowest BCUT2D eigenvalue weighted by Crippen LogP contribution is -2.28. The van der Waals surface area contributed by atoms with Crippen LogP contribution >= 0.6 is 11.6 Å². The average molecular weight is 379 g/mol. The van der Waals surface area contributed by atoms with Crippen molar-refractivity contribution in [1.29, 1.82) is 0 Å². The molecule has 1 fully saturated rings. The van der Waals surface area contributed by atoms with Gasteiger partial charge in [-0.2, -0.15) is 5.10 Å². The van der Waals surface area contributed by atoms with Crippen LogP contribution in [0, 0.1) is 5.92 Å². The van der Waals surface area contributed by atoms with Crippen LogP contribution in [0.1, 0.15) is 11.5 Å². The monoisotopic (exact) mass is 378 g/mol. The Morgan fingerprint density at radius 1 is 1.42 bits per heavy atom. The van der Waals surface area contributed by atoms with Crippen LogP contribution in [-0.2, 0) is 16.6 Å². The molecule has 2 N–H and O–H groups in total. The van der Waals surface area contributed by atoms with Gasteiger partial charge in [0.25, 0.3) is 0 Å². The average Bonchev–Trinajstić information content (AvgIpc) is 3.26. The maximum absolute atomic E-state index is 12.9. The summed E-state index contributed by atoms with van der Waals surface area (Å²) < 4.78 is 12.4. The Bertz CT molecular complexity index is 765. The van der Waals surface area contributed by atoms with Crippen LogP contribution in [0.5, 0.6) is 5.75 Å². The molecule has 0 radical (unpaired) electrons. The number of benzene rings is 1. The lowest BCUT2D eigenvalue weighted by Gasteiger charge is -2.19. The van der Waals surface area contributed by atoms with E-state index in [1.54, 1.807) is 30.0 Å². The van der Waals surface area contributed by atoms with E-state index in [0.717, 1.165) is 12.1 Å². The number of para-hydroxylation sites is 1. The number of carbonyl (C=O) groups excluding carboxylic acids is 1. The van der Waals surface area contributed by atoms with Crippen LogP contribution in [0.25, 0.3) is 0 Å². The molecule has 3 rings (SSSR count). The highest BCUT2D eigenvalue weighted by molar-refractivity contribution is 6.32. The molecular formula is C18H23ClN4O3. The van der Waals surface area contributed by atoms with Crippen LogP contribution in [0.3, 0.4) is 0 Å². The maximum atomic E-state index is 12.9. The van der Waals surface area contributed by atoms with E-state index in [1.165, 1.54) is 0 Å². The largest absolute Gasteiger partial charge is 0.487 e. The van der Waals surface area contributed by atoms with E-state index in [0.29, 0.717) is 36.2 Å². The van der Waals surface area contributed by atoms with Crippen LogP contribution < -0.4 is 15.4 Å². The van der Waals surface area contributed by atoms with Crippen molar-refractivity contribution < 1.29 is 14.3 Å². The van der Waals surface area contributed by atoms with Crippen molar-refractivity contribution >= 4 is 23.2 Å². The number of nitrogens with zero attached hydrogens (tertiary/aromatic N) is 2. The van der Waals surface area contributed by atoms with E-state index in [-0.39, 0.29) is 17.7 Å². The van der Waals surface area contributed by atoms with Gasteiger partial charge in [-0.3, -0.25) is 9.48 Å². The first-order valence-corrected chi connectivity index (χ1v) is 8.88. The van der Waals surface area contributed by atoms with Crippen LogP contribution in [0.15, 0.2) is 30.6 Å². The number of anilines is 1. The molecule has 0 unspecified atom stereocenters. The summed E-state index contributed by atoms with van der Waals surface area (Å²) in [5.74, 6) is 0.289. The van der Waals surface area contributed by atoms with Gasteiger partial charge >= 0.3 is 0 Å². The number of ether oxygens (including phenoxy) is 2. The van der Waals surface area contributed by atoms with Gasteiger partial charge in [-0.15, -0.1) is 0 Å². The van der Waals surface area contributed by atoms with Gasteiger partial charge in [0.2, 0.25) is 5.91 Å². The molecule has 1 aromatic heterocycles. The highest BCUT2D eigenvalue weighted by Gasteiger charge is 2.35. The number of aryl methyl sites for hydroxylation is 1. The van der Waals surface area contributed by atoms with Crippen molar-refractivity contribution in [2.24, 2.45) is 13.0 Å². The Labute approximate surface area is 157 Å². The fourth-order valence-corrected chi connectivity index (χ4v) is 3.37. The number of carbonyl (C=O) groups is 1. The molecule has 0 saturated carbocycles. The van der Waals surface area contributed by atoms with Crippen molar-refractivity contribution in [3.63, 3.8) is 0 Å². The topological polar surface area (TPSA) is 77.4 Å². The molecule has 0 spiro atoms. The summed E-state index contributed by atoms with van der Waals surface area (Å²) in [6, 6.07) is 5.30. The van der Waals surface area contributed by atoms with E-state index < -0.39 is 0 Å². The zero-order chi connectivity index (χ0) is 18.5. The van der Waals surface area contributed by atoms with Crippen molar-refractivity contribution in [2.75, 3.05) is 38.7 Å². The number of amides is 1. The SMILES string of the molecule is COCCOc1c(Cl)cccc1NC(=O)[C@H]1CNC[C@@H]1c1cnn(C)c1. The quantitative estimate of drug-likeness (QED) is 0.721. The Kier molecular flexibility index (Phi) is 6.13. The van der Waals surface area contributed by atoms with E-state index in [9.17, 15) is 4.79 Å². The van der Waals surface area contributed by atoms with Gasteiger partial charge in [-0.05, 0) is 17.7 Å². The minimum atomic E-state index is -0.190. The first-order valence-electron chi connectivity index (χ1n) is 8.50. The summed E-state index contributed by atoms with van der Waals surface area (Å²) in [6.07, 6.45) is 3.77. The summed E-state index contributed by atoms with van der Waals surface area (Å²) in [6.45, 7) is 2.16. The first kappa shape index (κ1) is 18.7. The predicted molar refractivity (Wildman–Crippen MR) is 99.8 cm³/mol. The highest BCUT2D eigenvalue weighted by Crippen LogP contribution is 2.35. The van der Waals surface area contributed by atoms with Gasteiger partial charge in [0.1, 0.15) is 6.61 Å². The zero-order valence-corrected chi connectivity index (χ0v) is 15.6. The summed E-state index contributed by atoms with van der Waals surface area (Å²) in [5.41, 5.74) is 1.62. The van der Waals surface area contributed by atoms with E-state index in [2.05, 4.69) is 15.7 Å². The molecule has 0 bridgehead atoms. The summed E-state index contributed by atoms with van der Waals surface area (Å²) in [7, 11) is 3.47. The third-order valence-corrected chi connectivity index (χ3v) is 4.76. The fourth-order valence-electron chi connectivity index (χ4n) is 3.14. The Balaban J connectivity index is 1.74. The number of hydrogen-bond acceptors (Lipinski definition) is 5. The number of hydrogen-bond donors (Lipinski definition) is 2. The summed E-state index contributed by atoms with van der Waals surface area (Å²) in [5, 5.41) is 10.9. The summed E-state index contributed by atoms with van der Waals surface area (Å²) in [4.78, 5) is 12.9. The Morgan fingerprint density at radius 2 is 2.27 bits per heavy atom. The Morgan fingerprint density at radius 3 is 3.00 bits per heavy atom. The van der Waals surface area contributed by atoms with E-state index in [1.807, 2.05) is 19.4 Å². The van der Waals surface area contributed by atoms with Gasteiger partial charge in [-0.25, -0.2) is 0 Å². The predicted octanol–water partition coefficient (Wildman–Crippen LogP) is 2.04. The van der Waals surface area contributed by atoms with Crippen molar-refractivity contribution in [2.45, 2.75) is 5.92 Å². The molecule has 8 heteroatoms. The van der Waals surface area contributed by atoms with Gasteiger partial charge in [0, 0.05) is 39.4 Å². The molecule has 7 nitrogen and oxygen atoms in total. The van der Waals surface area contributed by atoms with Gasteiger partial charge in [-0.1, -0.05) is 17.7 Å². The normalized spacial score (nSPS) is 19.5. The lowest BCUT2D eigenvalue weighted by molar-refractivity contribution is -0.119. The minimum Gasteiger partial charge on any atom is -0.487 e.